The fourth-order valence-corrected chi connectivity index (χ4v) is 3.72. The quantitative estimate of drug-likeness (QED) is 0.691. The molecule has 4 heterocycles. The van der Waals surface area contributed by atoms with Crippen LogP contribution in [0, 0.1) is 6.92 Å². The molecule has 0 spiro atoms. The van der Waals surface area contributed by atoms with Gasteiger partial charge in [-0.25, -0.2) is 4.98 Å². The number of amides is 1. The predicted molar refractivity (Wildman–Crippen MR) is 101 cm³/mol. The summed E-state index contributed by atoms with van der Waals surface area (Å²) >= 11 is 0. The number of hydrogen-bond acceptors (Lipinski definition) is 5. The van der Waals surface area contributed by atoms with Crippen LogP contribution in [0.25, 0.3) is 22.5 Å². The Morgan fingerprint density at radius 3 is 2.96 bits per heavy atom. The minimum atomic E-state index is -0.0238. The Bertz CT molecular complexity index is 955. The molecule has 0 aliphatic carbocycles. The van der Waals surface area contributed by atoms with E-state index in [2.05, 4.69) is 10.1 Å². The van der Waals surface area contributed by atoms with E-state index in [0.29, 0.717) is 35.8 Å². The van der Waals surface area contributed by atoms with Gasteiger partial charge in [0.05, 0.1) is 29.0 Å². The van der Waals surface area contributed by atoms with Gasteiger partial charge in [-0.05, 0) is 44.9 Å². The van der Waals surface area contributed by atoms with Crippen LogP contribution in [0.5, 0.6) is 0 Å². The summed E-state index contributed by atoms with van der Waals surface area (Å²) in [6.45, 7) is 5.91. The molecule has 1 amide bonds. The van der Waals surface area contributed by atoms with Gasteiger partial charge in [0.25, 0.3) is 5.91 Å². The Balaban J connectivity index is 1.79. The van der Waals surface area contributed by atoms with Crippen molar-refractivity contribution < 1.29 is 13.9 Å². The van der Waals surface area contributed by atoms with Gasteiger partial charge in [0, 0.05) is 26.7 Å². The highest BCUT2D eigenvalue weighted by Crippen LogP contribution is 2.28. The van der Waals surface area contributed by atoms with Crippen molar-refractivity contribution in [2.24, 2.45) is 7.05 Å². The van der Waals surface area contributed by atoms with E-state index < -0.39 is 0 Å². The van der Waals surface area contributed by atoms with Gasteiger partial charge in [0.1, 0.15) is 5.69 Å². The van der Waals surface area contributed by atoms with Crippen molar-refractivity contribution in [1.29, 1.82) is 0 Å². The topological polar surface area (TPSA) is 73.4 Å². The number of likely N-dealkylation sites (N-methyl/N-ethyl adjacent to an activating group) is 1. The predicted octanol–water partition coefficient (Wildman–Crippen LogP) is 3.18. The first kappa shape index (κ1) is 17.7. The molecule has 0 radical (unpaired) electrons. The van der Waals surface area contributed by atoms with E-state index in [4.69, 9.17) is 9.15 Å². The van der Waals surface area contributed by atoms with Crippen LogP contribution in [-0.4, -0.2) is 51.4 Å². The molecule has 1 fully saturated rings. The van der Waals surface area contributed by atoms with Crippen LogP contribution in [0.15, 0.2) is 28.9 Å². The monoisotopic (exact) mass is 368 g/mol. The summed E-state index contributed by atoms with van der Waals surface area (Å²) in [6, 6.07) is 5.47. The average molecular weight is 368 g/mol. The molecule has 27 heavy (non-hydrogen) atoms. The molecule has 3 aromatic heterocycles. The van der Waals surface area contributed by atoms with Crippen molar-refractivity contribution in [2.45, 2.75) is 32.8 Å². The van der Waals surface area contributed by atoms with Crippen molar-refractivity contribution in [3.63, 3.8) is 0 Å². The third-order valence-electron chi connectivity index (χ3n) is 5.09. The zero-order valence-corrected chi connectivity index (χ0v) is 15.9. The smallest absolute Gasteiger partial charge is 0.254 e. The van der Waals surface area contributed by atoms with Crippen molar-refractivity contribution in [2.75, 3.05) is 19.7 Å². The van der Waals surface area contributed by atoms with Crippen LogP contribution >= 0.6 is 0 Å². The number of pyridine rings is 1. The van der Waals surface area contributed by atoms with E-state index in [9.17, 15) is 4.79 Å². The van der Waals surface area contributed by atoms with Crippen molar-refractivity contribution in [1.82, 2.24) is 19.7 Å². The largest absolute Gasteiger partial charge is 0.463 e. The van der Waals surface area contributed by atoms with E-state index in [1.54, 1.807) is 10.9 Å². The Labute approximate surface area is 157 Å². The Hall–Kier alpha value is -2.67. The molecule has 0 aromatic carbocycles. The average Bonchev–Trinajstić information content (AvgIpc) is 3.41. The molecule has 7 heteroatoms. The lowest BCUT2D eigenvalue weighted by Crippen LogP contribution is -2.37. The van der Waals surface area contributed by atoms with Gasteiger partial charge in [-0.3, -0.25) is 9.48 Å². The van der Waals surface area contributed by atoms with Gasteiger partial charge in [0.2, 0.25) is 0 Å². The molecule has 3 aromatic rings. The normalized spacial score (nSPS) is 16.9. The molecule has 0 saturated carbocycles. The van der Waals surface area contributed by atoms with E-state index in [1.165, 1.54) is 0 Å². The number of carbonyl (C=O) groups is 1. The number of carbonyl (C=O) groups excluding carboxylic acids is 1. The van der Waals surface area contributed by atoms with Gasteiger partial charge in [0.15, 0.2) is 11.4 Å². The lowest BCUT2D eigenvalue weighted by Gasteiger charge is -2.24. The molecule has 1 atom stereocenters. The maximum atomic E-state index is 13.4. The lowest BCUT2D eigenvalue weighted by molar-refractivity contribution is 0.0540. The zero-order chi connectivity index (χ0) is 19.0. The van der Waals surface area contributed by atoms with Crippen LogP contribution in [0.2, 0.25) is 0 Å². The summed E-state index contributed by atoms with van der Waals surface area (Å²) in [5.41, 5.74) is 2.71. The van der Waals surface area contributed by atoms with E-state index in [1.807, 2.05) is 44.0 Å². The fourth-order valence-electron chi connectivity index (χ4n) is 3.72. The summed E-state index contributed by atoms with van der Waals surface area (Å²) < 4.78 is 13.0. The van der Waals surface area contributed by atoms with Gasteiger partial charge < -0.3 is 14.1 Å². The molecule has 1 saturated heterocycles. The molecule has 4 rings (SSSR count). The SMILES string of the molecule is CCN(CC1CCCO1)C(=O)c1cc(-c2ccco2)nc2c1c(C)nn2C. The molecule has 1 aliphatic rings. The molecule has 1 aliphatic heterocycles. The lowest BCUT2D eigenvalue weighted by atomic mass is 10.1. The third kappa shape index (κ3) is 3.23. The van der Waals surface area contributed by atoms with Crippen LogP contribution < -0.4 is 0 Å². The first-order valence-corrected chi connectivity index (χ1v) is 9.37. The van der Waals surface area contributed by atoms with Crippen LogP contribution in [0.1, 0.15) is 35.8 Å². The van der Waals surface area contributed by atoms with Crippen LogP contribution in [-0.2, 0) is 11.8 Å². The minimum Gasteiger partial charge on any atom is -0.463 e. The van der Waals surface area contributed by atoms with Crippen molar-refractivity contribution in [3.8, 4) is 11.5 Å². The van der Waals surface area contributed by atoms with Gasteiger partial charge in [-0.1, -0.05) is 0 Å². The number of hydrogen-bond donors (Lipinski definition) is 0. The second-order valence-electron chi connectivity index (χ2n) is 6.92. The standard InChI is InChI=1S/C20H24N4O3/c1-4-24(12-14-7-5-9-26-14)20(25)15-11-16(17-8-6-10-27-17)21-19-18(15)13(2)22-23(19)3/h6,8,10-11,14H,4-5,7,9,12H2,1-3H3. The number of aryl methyl sites for hydroxylation is 2. The number of furan rings is 1. The summed E-state index contributed by atoms with van der Waals surface area (Å²) in [7, 11) is 1.84. The summed E-state index contributed by atoms with van der Waals surface area (Å²) in [6.07, 6.45) is 3.78. The van der Waals surface area contributed by atoms with Gasteiger partial charge in [-0.15, -0.1) is 0 Å². The third-order valence-corrected chi connectivity index (χ3v) is 5.09. The number of aromatic nitrogens is 3. The van der Waals surface area contributed by atoms with Gasteiger partial charge >= 0.3 is 0 Å². The molecular formula is C20H24N4O3. The summed E-state index contributed by atoms with van der Waals surface area (Å²) in [5.74, 6) is 0.608. The Kier molecular flexibility index (Phi) is 4.70. The highest BCUT2D eigenvalue weighted by molar-refractivity contribution is 6.07. The zero-order valence-electron chi connectivity index (χ0n) is 15.9. The van der Waals surface area contributed by atoms with Gasteiger partial charge in [-0.2, -0.15) is 5.10 Å². The second-order valence-corrected chi connectivity index (χ2v) is 6.92. The highest BCUT2D eigenvalue weighted by Gasteiger charge is 2.26. The first-order valence-electron chi connectivity index (χ1n) is 9.37. The molecule has 0 bridgehead atoms. The van der Waals surface area contributed by atoms with Crippen molar-refractivity contribution in [3.05, 3.63) is 35.7 Å². The Morgan fingerprint density at radius 1 is 1.44 bits per heavy atom. The second kappa shape index (κ2) is 7.15. The number of nitrogens with zero attached hydrogens (tertiary/aromatic N) is 4. The van der Waals surface area contributed by atoms with Crippen LogP contribution in [0.4, 0.5) is 0 Å². The number of fused-ring (bicyclic) bond motifs is 1. The molecule has 7 nitrogen and oxygen atoms in total. The van der Waals surface area contributed by atoms with E-state index in [0.717, 1.165) is 30.5 Å². The molecule has 1 unspecified atom stereocenters. The number of ether oxygens (including phenoxy) is 1. The first-order chi connectivity index (χ1) is 13.1. The van der Waals surface area contributed by atoms with E-state index >= 15 is 0 Å². The van der Waals surface area contributed by atoms with E-state index in [-0.39, 0.29) is 12.0 Å². The molecular weight excluding hydrogens is 344 g/mol. The minimum absolute atomic E-state index is 0.0238. The Morgan fingerprint density at radius 2 is 2.30 bits per heavy atom. The fraction of sp³-hybridized carbons (Fsp3) is 0.450. The molecule has 142 valence electrons. The highest BCUT2D eigenvalue weighted by atomic mass is 16.5. The maximum absolute atomic E-state index is 13.4. The van der Waals surface area contributed by atoms with Crippen molar-refractivity contribution >= 4 is 16.9 Å². The number of rotatable bonds is 5. The molecule has 0 N–H and O–H groups in total. The van der Waals surface area contributed by atoms with Crippen LogP contribution in [0.3, 0.4) is 0 Å². The summed E-state index contributed by atoms with van der Waals surface area (Å²) in [4.78, 5) is 20.0. The maximum Gasteiger partial charge on any atom is 0.254 e. The summed E-state index contributed by atoms with van der Waals surface area (Å²) in [5, 5.41) is 5.27.